The van der Waals surface area contributed by atoms with Gasteiger partial charge in [0.1, 0.15) is 12.4 Å². The number of amides is 1. The van der Waals surface area contributed by atoms with Crippen molar-refractivity contribution in [3.63, 3.8) is 0 Å². The van der Waals surface area contributed by atoms with E-state index < -0.39 is 16.2 Å². The van der Waals surface area contributed by atoms with Crippen LogP contribution in [-0.2, 0) is 25.6 Å². The van der Waals surface area contributed by atoms with E-state index in [4.69, 9.17) is 8.92 Å². The van der Waals surface area contributed by atoms with E-state index in [9.17, 15) is 17.6 Å². The van der Waals surface area contributed by atoms with E-state index in [2.05, 4.69) is 0 Å². The first-order valence-electron chi connectivity index (χ1n) is 9.96. The Morgan fingerprint density at radius 1 is 1.13 bits per heavy atom. The summed E-state index contributed by atoms with van der Waals surface area (Å²) < 4.78 is 47.6. The average molecular weight is 436 g/mol. The molecule has 8 heteroatoms. The van der Waals surface area contributed by atoms with Crippen LogP contribution in [0.1, 0.15) is 30.4 Å². The van der Waals surface area contributed by atoms with Gasteiger partial charge in [0.05, 0.1) is 12.4 Å². The summed E-state index contributed by atoms with van der Waals surface area (Å²) in [7, 11) is -3.61. The molecule has 0 aliphatic carbocycles. The molecule has 1 heterocycles. The fourth-order valence-electron chi connectivity index (χ4n) is 3.60. The van der Waals surface area contributed by atoms with Crippen molar-refractivity contribution in [1.82, 2.24) is 4.90 Å². The second kappa shape index (κ2) is 10.0. The maximum atomic E-state index is 13.3. The van der Waals surface area contributed by atoms with Crippen LogP contribution < -0.4 is 0 Å². The fraction of sp³-hybridized carbons (Fsp3) is 0.409. The molecular formula is C22H26FNO5S. The Morgan fingerprint density at radius 3 is 2.50 bits per heavy atom. The molecule has 0 saturated carbocycles. The standard InChI is InChI=1S/C22H26FNO5S/c1-2-30(26,27)29-16-19-14-24(22(25)28-15-17-6-4-3-5-7-17)13-12-21(19)18-8-10-20(23)11-9-18/h3-11,19,21H,2,12-16H2,1H3/t19-,21-/m0/s1. The predicted molar refractivity (Wildman–Crippen MR) is 111 cm³/mol. The van der Waals surface area contributed by atoms with Gasteiger partial charge in [-0.3, -0.25) is 4.18 Å². The van der Waals surface area contributed by atoms with Crippen LogP contribution in [0.25, 0.3) is 0 Å². The monoisotopic (exact) mass is 435 g/mol. The van der Waals surface area contributed by atoms with Gasteiger partial charge in [0.2, 0.25) is 0 Å². The number of rotatable bonds is 7. The van der Waals surface area contributed by atoms with Crippen molar-refractivity contribution in [2.45, 2.75) is 25.9 Å². The van der Waals surface area contributed by atoms with E-state index in [1.54, 1.807) is 17.0 Å². The summed E-state index contributed by atoms with van der Waals surface area (Å²) in [6.45, 7) is 2.41. The van der Waals surface area contributed by atoms with Crippen LogP contribution in [-0.4, -0.2) is 44.9 Å². The molecule has 2 atom stereocenters. The lowest BCUT2D eigenvalue weighted by Crippen LogP contribution is -2.45. The molecular weight excluding hydrogens is 409 g/mol. The highest BCUT2D eigenvalue weighted by atomic mass is 32.2. The summed E-state index contributed by atoms with van der Waals surface area (Å²) in [5.41, 5.74) is 1.79. The smallest absolute Gasteiger partial charge is 0.410 e. The van der Waals surface area contributed by atoms with Gasteiger partial charge >= 0.3 is 6.09 Å². The SMILES string of the molecule is CCS(=O)(=O)OC[C@@H]1CN(C(=O)OCc2ccccc2)CC[C@H]1c1ccc(F)cc1. The van der Waals surface area contributed by atoms with Crippen LogP contribution in [0.3, 0.4) is 0 Å². The molecule has 3 rings (SSSR count). The molecule has 0 N–H and O–H groups in total. The highest BCUT2D eigenvalue weighted by Gasteiger charge is 2.34. The first-order valence-corrected chi connectivity index (χ1v) is 11.5. The van der Waals surface area contributed by atoms with Gasteiger partial charge in [-0.15, -0.1) is 0 Å². The van der Waals surface area contributed by atoms with Gasteiger partial charge < -0.3 is 9.64 Å². The van der Waals surface area contributed by atoms with Gasteiger partial charge in [-0.1, -0.05) is 42.5 Å². The van der Waals surface area contributed by atoms with Gasteiger partial charge in [-0.05, 0) is 42.5 Å². The summed E-state index contributed by atoms with van der Waals surface area (Å²) in [5, 5.41) is 0. The minimum Gasteiger partial charge on any atom is -0.445 e. The number of hydrogen-bond donors (Lipinski definition) is 0. The van der Waals surface area contributed by atoms with E-state index in [0.717, 1.165) is 11.1 Å². The van der Waals surface area contributed by atoms with Crippen LogP contribution in [0, 0.1) is 11.7 Å². The Bertz CT molecular complexity index is 934. The number of piperidine rings is 1. The zero-order chi connectivity index (χ0) is 21.6. The van der Waals surface area contributed by atoms with Crippen molar-refractivity contribution in [3.05, 3.63) is 71.5 Å². The molecule has 2 aromatic rings. The molecule has 1 aliphatic heterocycles. The van der Waals surface area contributed by atoms with Crippen LogP contribution in [0.2, 0.25) is 0 Å². The third-order valence-electron chi connectivity index (χ3n) is 5.31. The number of likely N-dealkylation sites (tertiary alicyclic amines) is 1. The molecule has 1 amide bonds. The highest BCUT2D eigenvalue weighted by Crippen LogP contribution is 2.34. The summed E-state index contributed by atoms with van der Waals surface area (Å²) >= 11 is 0. The number of halogens is 1. The molecule has 162 valence electrons. The zero-order valence-corrected chi connectivity index (χ0v) is 17.7. The Hall–Kier alpha value is -2.45. The highest BCUT2D eigenvalue weighted by molar-refractivity contribution is 7.86. The molecule has 0 unspecified atom stereocenters. The van der Waals surface area contributed by atoms with E-state index >= 15 is 0 Å². The number of ether oxygens (including phenoxy) is 1. The van der Waals surface area contributed by atoms with Crippen LogP contribution in [0.5, 0.6) is 0 Å². The Labute approximate surface area is 176 Å². The van der Waals surface area contributed by atoms with Crippen molar-refractivity contribution >= 4 is 16.2 Å². The maximum Gasteiger partial charge on any atom is 0.410 e. The minimum atomic E-state index is -3.61. The molecule has 0 spiro atoms. The van der Waals surface area contributed by atoms with Gasteiger partial charge in [-0.2, -0.15) is 8.42 Å². The molecule has 6 nitrogen and oxygen atoms in total. The lowest BCUT2D eigenvalue weighted by Gasteiger charge is -2.38. The Kier molecular flexibility index (Phi) is 7.44. The van der Waals surface area contributed by atoms with Gasteiger partial charge in [-0.25, -0.2) is 9.18 Å². The minimum absolute atomic E-state index is 0.0410. The molecule has 0 aromatic heterocycles. The van der Waals surface area contributed by atoms with Crippen molar-refractivity contribution in [3.8, 4) is 0 Å². The number of carbonyl (C=O) groups excluding carboxylic acids is 1. The first-order chi connectivity index (χ1) is 14.4. The van der Waals surface area contributed by atoms with Crippen LogP contribution in [0.4, 0.5) is 9.18 Å². The Morgan fingerprint density at radius 2 is 1.83 bits per heavy atom. The molecule has 1 saturated heterocycles. The lowest BCUT2D eigenvalue weighted by molar-refractivity contribution is 0.0650. The van der Waals surface area contributed by atoms with Crippen LogP contribution in [0.15, 0.2) is 54.6 Å². The first kappa shape index (κ1) is 22.2. The third kappa shape index (κ3) is 6.03. The summed E-state index contributed by atoms with van der Waals surface area (Å²) in [6.07, 6.45) is 0.159. The normalized spacial score (nSPS) is 19.5. The number of hydrogen-bond acceptors (Lipinski definition) is 5. The largest absolute Gasteiger partial charge is 0.445 e. The number of benzene rings is 2. The fourth-order valence-corrected chi connectivity index (χ4v) is 4.15. The van der Waals surface area contributed by atoms with Gasteiger partial charge in [0.15, 0.2) is 0 Å². The lowest BCUT2D eigenvalue weighted by atomic mass is 9.81. The zero-order valence-electron chi connectivity index (χ0n) is 16.9. The molecule has 0 radical (unpaired) electrons. The van der Waals surface area contributed by atoms with Crippen molar-refractivity contribution in [1.29, 1.82) is 0 Å². The molecule has 1 aliphatic rings. The number of nitrogens with zero attached hydrogens (tertiary/aromatic N) is 1. The summed E-state index contributed by atoms with van der Waals surface area (Å²) in [6, 6.07) is 15.6. The van der Waals surface area contributed by atoms with E-state index in [1.165, 1.54) is 19.1 Å². The summed E-state index contributed by atoms with van der Waals surface area (Å²) in [5.74, 6) is -0.753. The molecule has 1 fully saturated rings. The molecule has 2 aromatic carbocycles. The van der Waals surface area contributed by atoms with Gasteiger partial charge in [0.25, 0.3) is 10.1 Å². The second-order valence-electron chi connectivity index (χ2n) is 7.32. The van der Waals surface area contributed by atoms with Crippen LogP contribution >= 0.6 is 0 Å². The predicted octanol–water partition coefficient (Wildman–Crippen LogP) is 3.93. The van der Waals surface area contributed by atoms with Crippen molar-refractivity contribution in [2.24, 2.45) is 5.92 Å². The quantitative estimate of drug-likeness (QED) is 0.616. The van der Waals surface area contributed by atoms with Crippen molar-refractivity contribution < 1.29 is 26.5 Å². The third-order valence-corrected chi connectivity index (χ3v) is 6.51. The second-order valence-corrected chi connectivity index (χ2v) is 9.25. The topological polar surface area (TPSA) is 72.9 Å². The molecule has 30 heavy (non-hydrogen) atoms. The average Bonchev–Trinajstić information content (AvgIpc) is 2.77. The van der Waals surface area contributed by atoms with E-state index in [1.807, 2.05) is 30.3 Å². The number of carbonyl (C=O) groups is 1. The van der Waals surface area contributed by atoms with E-state index in [0.29, 0.717) is 19.5 Å². The summed E-state index contributed by atoms with van der Waals surface area (Å²) in [4.78, 5) is 14.1. The van der Waals surface area contributed by atoms with Crippen molar-refractivity contribution in [2.75, 3.05) is 25.4 Å². The van der Waals surface area contributed by atoms with E-state index in [-0.39, 0.29) is 36.6 Å². The Balaban J connectivity index is 1.68. The molecule has 0 bridgehead atoms. The maximum absolute atomic E-state index is 13.3. The van der Waals surface area contributed by atoms with Gasteiger partial charge in [0, 0.05) is 19.0 Å².